The molecule has 3 aromatic rings. The number of hydrogen-bond donors (Lipinski definition) is 1. The molecule has 1 aliphatic heterocycles. The van der Waals surface area contributed by atoms with Crippen molar-refractivity contribution >= 4 is 21.6 Å². The molecule has 0 amide bonds. The zero-order chi connectivity index (χ0) is 19.7. The Balaban J connectivity index is 1.72. The predicted octanol–water partition coefficient (Wildman–Crippen LogP) is 4.26. The van der Waals surface area contributed by atoms with E-state index in [0.29, 0.717) is 11.6 Å². The average molecular weight is 418 g/mol. The molecule has 1 N–H and O–H groups in total. The largest absolute Gasteiger partial charge is 0.497 e. The molecule has 146 valence electrons. The Morgan fingerprint density at radius 2 is 2.00 bits per heavy atom. The van der Waals surface area contributed by atoms with Gasteiger partial charge in [-0.05, 0) is 54.8 Å². The van der Waals surface area contributed by atoms with Crippen LogP contribution < -0.4 is 4.74 Å². The van der Waals surface area contributed by atoms with Crippen LogP contribution in [0, 0.1) is 0 Å². The highest BCUT2D eigenvalue weighted by atomic mass is 35.5. The monoisotopic (exact) mass is 417 g/mol. The number of nitrogens with zero attached hydrogens (tertiary/aromatic N) is 2. The van der Waals surface area contributed by atoms with Gasteiger partial charge in [-0.3, -0.25) is 5.10 Å². The van der Waals surface area contributed by atoms with E-state index in [9.17, 15) is 8.42 Å². The summed E-state index contributed by atoms with van der Waals surface area (Å²) in [7, 11) is -2.02. The molecule has 4 rings (SSSR count). The fourth-order valence-corrected chi connectivity index (χ4v) is 5.42. The van der Waals surface area contributed by atoms with E-state index in [1.54, 1.807) is 41.9 Å². The van der Waals surface area contributed by atoms with Crippen LogP contribution in [0.15, 0.2) is 59.6 Å². The third kappa shape index (κ3) is 3.41. The SMILES string of the molecule is COc1cccc(-c2cn[nH]c2[C@@H]2CCCN2S(=O)(=O)c2ccc(Cl)cc2)c1. The van der Waals surface area contributed by atoms with Gasteiger partial charge in [-0.2, -0.15) is 9.40 Å². The Hall–Kier alpha value is -2.35. The first-order valence-electron chi connectivity index (χ1n) is 8.96. The maximum absolute atomic E-state index is 13.2. The van der Waals surface area contributed by atoms with Crippen LogP contribution in [0.25, 0.3) is 11.1 Å². The number of H-pyrrole nitrogens is 1. The number of rotatable bonds is 5. The van der Waals surface area contributed by atoms with Gasteiger partial charge in [-0.15, -0.1) is 0 Å². The van der Waals surface area contributed by atoms with Crippen molar-refractivity contribution in [1.82, 2.24) is 14.5 Å². The van der Waals surface area contributed by atoms with Gasteiger partial charge in [0.2, 0.25) is 10.0 Å². The summed E-state index contributed by atoms with van der Waals surface area (Å²) in [6.07, 6.45) is 3.25. The maximum Gasteiger partial charge on any atom is 0.243 e. The third-order valence-corrected chi connectivity index (χ3v) is 7.18. The van der Waals surface area contributed by atoms with E-state index in [-0.39, 0.29) is 10.9 Å². The number of ether oxygens (including phenoxy) is 1. The van der Waals surface area contributed by atoms with Crippen molar-refractivity contribution in [2.75, 3.05) is 13.7 Å². The molecule has 6 nitrogen and oxygen atoms in total. The minimum Gasteiger partial charge on any atom is -0.497 e. The fraction of sp³-hybridized carbons (Fsp3) is 0.250. The van der Waals surface area contributed by atoms with Crippen molar-refractivity contribution in [1.29, 1.82) is 0 Å². The maximum atomic E-state index is 13.2. The Morgan fingerprint density at radius 3 is 2.75 bits per heavy atom. The second kappa shape index (κ2) is 7.58. The average Bonchev–Trinajstić information content (AvgIpc) is 3.37. The molecule has 0 radical (unpaired) electrons. The van der Waals surface area contributed by atoms with Crippen LogP contribution in [0.5, 0.6) is 5.75 Å². The van der Waals surface area contributed by atoms with Gasteiger partial charge in [0.25, 0.3) is 0 Å². The van der Waals surface area contributed by atoms with E-state index in [1.165, 1.54) is 0 Å². The first-order chi connectivity index (χ1) is 13.5. The molecule has 0 bridgehead atoms. The number of sulfonamides is 1. The highest BCUT2D eigenvalue weighted by Crippen LogP contribution is 2.40. The molecule has 1 aromatic heterocycles. The van der Waals surface area contributed by atoms with Crippen LogP contribution in [0.2, 0.25) is 5.02 Å². The van der Waals surface area contributed by atoms with Crippen molar-refractivity contribution in [2.45, 2.75) is 23.8 Å². The summed E-state index contributed by atoms with van der Waals surface area (Å²) < 4.78 is 33.3. The molecule has 28 heavy (non-hydrogen) atoms. The standard InChI is InChI=1S/C20H20ClN3O3S/c1-27-16-5-2-4-14(12-16)18-13-22-23-20(18)19-6-3-11-24(19)28(25,26)17-9-7-15(21)8-10-17/h2,4-5,7-10,12-13,19H,3,6,11H2,1H3,(H,22,23)/t19-/m0/s1. The summed E-state index contributed by atoms with van der Waals surface area (Å²) in [6.45, 7) is 0.464. The first kappa shape index (κ1) is 19.0. The molecule has 1 atom stereocenters. The summed E-state index contributed by atoms with van der Waals surface area (Å²) in [6, 6.07) is 13.6. The van der Waals surface area contributed by atoms with Gasteiger partial charge in [-0.25, -0.2) is 8.42 Å². The Bertz CT molecular complexity index is 1080. The molecule has 1 aliphatic rings. The summed E-state index contributed by atoms with van der Waals surface area (Å²) in [5, 5.41) is 7.73. The molecule has 0 spiro atoms. The predicted molar refractivity (Wildman–Crippen MR) is 108 cm³/mol. The highest BCUT2D eigenvalue weighted by molar-refractivity contribution is 7.89. The molecule has 1 saturated heterocycles. The van der Waals surface area contributed by atoms with Gasteiger partial charge in [0.1, 0.15) is 5.75 Å². The lowest BCUT2D eigenvalue weighted by atomic mass is 10.0. The topological polar surface area (TPSA) is 75.3 Å². The lowest BCUT2D eigenvalue weighted by Gasteiger charge is -2.24. The van der Waals surface area contributed by atoms with E-state index in [4.69, 9.17) is 16.3 Å². The molecule has 2 heterocycles. The van der Waals surface area contributed by atoms with Crippen molar-refractivity contribution < 1.29 is 13.2 Å². The van der Waals surface area contributed by atoms with Crippen molar-refractivity contribution in [3.63, 3.8) is 0 Å². The summed E-state index contributed by atoms with van der Waals surface area (Å²) in [4.78, 5) is 0.242. The number of nitrogens with one attached hydrogen (secondary N) is 1. The van der Waals surface area contributed by atoms with E-state index >= 15 is 0 Å². The number of methoxy groups -OCH3 is 1. The van der Waals surface area contributed by atoms with Crippen molar-refractivity contribution in [3.05, 3.63) is 65.4 Å². The lowest BCUT2D eigenvalue weighted by molar-refractivity contribution is 0.390. The van der Waals surface area contributed by atoms with E-state index in [2.05, 4.69) is 10.2 Å². The Kier molecular flexibility index (Phi) is 5.14. The quantitative estimate of drug-likeness (QED) is 0.672. The number of hydrogen-bond acceptors (Lipinski definition) is 4. The summed E-state index contributed by atoms with van der Waals surface area (Å²) in [5.41, 5.74) is 2.60. The second-order valence-electron chi connectivity index (χ2n) is 6.66. The Labute approximate surface area is 169 Å². The van der Waals surface area contributed by atoms with E-state index in [0.717, 1.165) is 35.4 Å². The van der Waals surface area contributed by atoms with Gasteiger partial charge >= 0.3 is 0 Å². The normalized spacial score (nSPS) is 17.7. The zero-order valence-electron chi connectivity index (χ0n) is 15.3. The number of aromatic nitrogens is 2. The molecule has 1 fully saturated rings. The molecule has 8 heteroatoms. The molecule has 0 aliphatic carbocycles. The summed E-state index contributed by atoms with van der Waals surface area (Å²) in [5.74, 6) is 0.738. The van der Waals surface area contributed by atoms with Crippen LogP contribution >= 0.6 is 11.6 Å². The zero-order valence-corrected chi connectivity index (χ0v) is 16.9. The second-order valence-corrected chi connectivity index (χ2v) is 8.98. The molecule has 0 unspecified atom stereocenters. The van der Waals surface area contributed by atoms with Crippen LogP contribution in [-0.4, -0.2) is 36.6 Å². The third-order valence-electron chi connectivity index (χ3n) is 5.01. The minimum absolute atomic E-state index is 0.242. The smallest absolute Gasteiger partial charge is 0.243 e. The molecule has 2 aromatic carbocycles. The molecular formula is C20H20ClN3O3S. The van der Waals surface area contributed by atoms with Gasteiger partial charge in [0, 0.05) is 17.1 Å². The van der Waals surface area contributed by atoms with Crippen molar-refractivity contribution in [3.8, 4) is 16.9 Å². The van der Waals surface area contributed by atoms with Gasteiger partial charge in [-0.1, -0.05) is 23.7 Å². The van der Waals surface area contributed by atoms with E-state index < -0.39 is 10.0 Å². The molecule has 0 saturated carbocycles. The number of aromatic amines is 1. The fourth-order valence-electron chi connectivity index (χ4n) is 3.63. The number of halogens is 1. The Morgan fingerprint density at radius 1 is 1.21 bits per heavy atom. The van der Waals surface area contributed by atoms with Crippen LogP contribution in [-0.2, 0) is 10.0 Å². The minimum atomic E-state index is -3.64. The number of benzene rings is 2. The van der Waals surface area contributed by atoms with E-state index in [1.807, 2.05) is 24.3 Å². The first-order valence-corrected chi connectivity index (χ1v) is 10.8. The highest BCUT2D eigenvalue weighted by Gasteiger charge is 2.38. The van der Waals surface area contributed by atoms with Gasteiger partial charge < -0.3 is 4.74 Å². The van der Waals surface area contributed by atoms with Gasteiger partial charge in [0.15, 0.2) is 0 Å². The van der Waals surface area contributed by atoms with Gasteiger partial charge in [0.05, 0.1) is 29.9 Å². The lowest BCUT2D eigenvalue weighted by Crippen LogP contribution is -2.31. The van der Waals surface area contributed by atoms with Crippen LogP contribution in [0.1, 0.15) is 24.6 Å². The van der Waals surface area contributed by atoms with Crippen LogP contribution in [0.4, 0.5) is 0 Å². The van der Waals surface area contributed by atoms with Crippen molar-refractivity contribution in [2.24, 2.45) is 0 Å². The summed E-state index contributed by atoms with van der Waals surface area (Å²) >= 11 is 5.91. The van der Waals surface area contributed by atoms with Crippen LogP contribution in [0.3, 0.4) is 0 Å². The molecular weight excluding hydrogens is 398 g/mol.